The zero-order valence-corrected chi connectivity index (χ0v) is 11.9. The van der Waals surface area contributed by atoms with E-state index in [0.717, 1.165) is 11.2 Å². The Morgan fingerprint density at radius 3 is 2.47 bits per heavy atom. The molecule has 98 valence electrons. The third-order valence-corrected chi connectivity index (χ3v) is 4.04. The molecule has 0 saturated carbocycles. The Labute approximate surface area is 114 Å². The van der Waals surface area contributed by atoms with Gasteiger partial charge in [0.1, 0.15) is 11.2 Å². The minimum atomic E-state index is 0.210. The fourth-order valence-electron chi connectivity index (χ4n) is 2.92. The van der Waals surface area contributed by atoms with Gasteiger partial charge in [0.25, 0.3) is 0 Å². The topological polar surface area (TPSA) is 13.1 Å². The smallest absolute Gasteiger partial charge is 0.135 e. The van der Waals surface area contributed by atoms with Gasteiger partial charge in [-0.3, -0.25) is 0 Å². The van der Waals surface area contributed by atoms with E-state index in [1.54, 1.807) is 0 Å². The van der Waals surface area contributed by atoms with E-state index in [4.69, 9.17) is 4.42 Å². The SMILES string of the molecule is CCCC(C)(C)c1ccc2c(c1)oc1ccccc12. The molecule has 3 rings (SSSR count). The van der Waals surface area contributed by atoms with E-state index >= 15 is 0 Å². The van der Waals surface area contributed by atoms with Gasteiger partial charge in [-0.15, -0.1) is 0 Å². The minimum absolute atomic E-state index is 0.210. The van der Waals surface area contributed by atoms with Gasteiger partial charge in [-0.25, -0.2) is 0 Å². The fourth-order valence-corrected chi connectivity index (χ4v) is 2.92. The molecule has 3 aromatic rings. The number of rotatable bonds is 3. The molecule has 0 aliphatic rings. The Morgan fingerprint density at radius 2 is 1.68 bits per heavy atom. The first kappa shape index (κ1) is 12.3. The number of furan rings is 1. The third kappa shape index (κ3) is 2.03. The molecule has 0 aliphatic carbocycles. The molecule has 0 spiro atoms. The van der Waals surface area contributed by atoms with Gasteiger partial charge in [-0.05, 0) is 29.5 Å². The molecule has 0 unspecified atom stereocenters. The first-order chi connectivity index (χ1) is 9.12. The maximum absolute atomic E-state index is 5.97. The molecule has 19 heavy (non-hydrogen) atoms. The van der Waals surface area contributed by atoms with Crippen molar-refractivity contribution in [1.82, 2.24) is 0 Å². The summed E-state index contributed by atoms with van der Waals surface area (Å²) in [7, 11) is 0. The number of hydrogen-bond acceptors (Lipinski definition) is 1. The van der Waals surface area contributed by atoms with Crippen LogP contribution in [0.2, 0.25) is 0 Å². The molecule has 2 aromatic carbocycles. The molecule has 0 aliphatic heterocycles. The summed E-state index contributed by atoms with van der Waals surface area (Å²) in [6.45, 7) is 6.85. The average molecular weight is 252 g/mol. The first-order valence-corrected chi connectivity index (χ1v) is 7.03. The second-order valence-electron chi connectivity index (χ2n) is 5.94. The molecule has 1 nitrogen and oxygen atoms in total. The Bertz CT molecular complexity index is 719. The van der Waals surface area contributed by atoms with Crippen LogP contribution in [0.1, 0.15) is 39.2 Å². The van der Waals surface area contributed by atoms with Gasteiger partial charge in [0.05, 0.1) is 0 Å². The van der Waals surface area contributed by atoms with Crippen molar-refractivity contribution in [3.05, 3.63) is 48.0 Å². The van der Waals surface area contributed by atoms with Crippen LogP contribution in [-0.2, 0) is 5.41 Å². The summed E-state index contributed by atoms with van der Waals surface area (Å²) in [6.07, 6.45) is 2.39. The van der Waals surface area contributed by atoms with Crippen molar-refractivity contribution in [3.63, 3.8) is 0 Å². The van der Waals surface area contributed by atoms with E-state index in [-0.39, 0.29) is 5.41 Å². The predicted octanol–water partition coefficient (Wildman–Crippen LogP) is 5.66. The molecule has 0 saturated heterocycles. The molecule has 1 heteroatoms. The second-order valence-corrected chi connectivity index (χ2v) is 5.94. The lowest BCUT2D eigenvalue weighted by molar-refractivity contribution is 0.473. The lowest BCUT2D eigenvalue weighted by Gasteiger charge is -2.24. The van der Waals surface area contributed by atoms with Crippen LogP contribution in [0.25, 0.3) is 21.9 Å². The summed E-state index contributed by atoms with van der Waals surface area (Å²) in [5.74, 6) is 0. The van der Waals surface area contributed by atoms with Crippen LogP contribution >= 0.6 is 0 Å². The zero-order valence-electron chi connectivity index (χ0n) is 11.9. The third-order valence-electron chi connectivity index (χ3n) is 4.04. The summed E-state index contributed by atoms with van der Waals surface area (Å²) in [4.78, 5) is 0. The van der Waals surface area contributed by atoms with Crippen LogP contribution in [0.4, 0.5) is 0 Å². The van der Waals surface area contributed by atoms with Crippen LogP contribution in [0.3, 0.4) is 0 Å². The van der Waals surface area contributed by atoms with Gasteiger partial charge in [0.2, 0.25) is 0 Å². The van der Waals surface area contributed by atoms with Gasteiger partial charge < -0.3 is 4.42 Å². The maximum Gasteiger partial charge on any atom is 0.135 e. The van der Waals surface area contributed by atoms with Crippen LogP contribution in [-0.4, -0.2) is 0 Å². The standard InChI is InChI=1S/C18H20O/c1-4-11-18(2,3)13-9-10-15-14-7-5-6-8-16(14)19-17(15)12-13/h5-10,12H,4,11H2,1-3H3. The first-order valence-electron chi connectivity index (χ1n) is 7.03. The Hall–Kier alpha value is -1.76. The van der Waals surface area contributed by atoms with Crippen molar-refractivity contribution < 1.29 is 4.42 Å². The number of hydrogen-bond donors (Lipinski definition) is 0. The lowest BCUT2D eigenvalue weighted by Crippen LogP contribution is -2.16. The van der Waals surface area contributed by atoms with Crippen LogP contribution < -0.4 is 0 Å². The molecular weight excluding hydrogens is 232 g/mol. The van der Waals surface area contributed by atoms with Gasteiger partial charge in [-0.2, -0.15) is 0 Å². The van der Waals surface area contributed by atoms with Gasteiger partial charge in [0, 0.05) is 10.8 Å². The van der Waals surface area contributed by atoms with Crippen molar-refractivity contribution in [3.8, 4) is 0 Å². The number of fused-ring (bicyclic) bond motifs is 3. The predicted molar refractivity (Wildman–Crippen MR) is 81.7 cm³/mol. The Balaban J connectivity index is 2.18. The molecule has 0 bridgehead atoms. The molecular formula is C18H20O. The van der Waals surface area contributed by atoms with Crippen molar-refractivity contribution in [2.24, 2.45) is 0 Å². The van der Waals surface area contributed by atoms with Crippen molar-refractivity contribution in [1.29, 1.82) is 0 Å². The quantitative estimate of drug-likeness (QED) is 0.586. The number of para-hydroxylation sites is 1. The van der Waals surface area contributed by atoms with Crippen LogP contribution in [0.5, 0.6) is 0 Å². The van der Waals surface area contributed by atoms with Crippen molar-refractivity contribution in [2.75, 3.05) is 0 Å². The summed E-state index contributed by atoms with van der Waals surface area (Å²) in [5, 5.41) is 2.42. The van der Waals surface area contributed by atoms with E-state index in [1.165, 1.54) is 29.2 Å². The Morgan fingerprint density at radius 1 is 0.947 bits per heavy atom. The molecule has 0 amide bonds. The van der Waals surface area contributed by atoms with Gasteiger partial charge >= 0.3 is 0 Å². The molecule has 0 radical (unpaired) electrons. The summed E-state index contributed by atoms with van der Waals surface area (Å²) in [6, 6.07) is 14.9. The average Bonchev–Trinajstić information content (AvgIpc) is 2.76. The van der Waals surface area contributed by atoms with Crippen molar-refractivity contribution >= 4 is 21.9 Å². The highest BCUT2D eigenvalue weighted by atomic mass is 16.3. The van der Waals surface area contributed by atoms with E-state index in [2.05, 4.69) is 51.1 Å². The van der Waals surface area contributed by atoms with Crippen molar-refractivity contribution in [2.45, 2.75) is 39.0 Å². The normalized spacial score (nSPS) is 12.4. The minimum Gasteiger partial charge on any atom is -0.456 e. The molecule has 0 fully saturated rings. The monoisotopic (exact) mass is 252 g/mol. The van der Waals surface area contributed by atoms with Crippen LogP contribution in [0.15, 0.2) is 46.9 Å². The van der Waals surface area contributed by atoms with E-state index in [0.29, 0.717) is 0 Å². The highest BCUT2D eigenvalue weighted by molar-refractivity contribution is 6.04. The van der Waals surface area contributed by atoms with E-state index < -0.39 is 0 Å². The highest BCUT2D eigenvalue weighted by Gasteiger charge is 2.20. The number of benzene rings is 2. The largest absolute Gasteiger partial charge is 0.456 e. The summed E-state index contributed by atoms with van der Waals surface area (Å²) < 4.78 is 5.97. The Kier molecular flexibility index (Phi) is 2.85. The summed E-state index contributed by atoms with van der Waals surface area (Å²) in [5.41, 5.74) is 3.55. The summed E-state index contributed by atoms with van der Waals surface area (Å²) >= 11 is 0. The van der Waals surface area contributed by atoms with Gasteiger partial charge in [-0.1, -0.05) is 57.5 Å². The molecule has 0 N–H and O–H groups in total. The highest BCUT2D eigenvalue weighted by Crippen LogP contribution is 2.34. The maximum atomic E-state index is 5.97. The van der Waals surface area contributed by atoms with E-state index in [1.807, 2.05) is 12.1 Å². The molecule has 1 aromatic heterocycles. The van der Waals surface area contributed by atoms with Gasteiger partial charge in [0.15, 0.2) is 0 Å². The fraction of sp³-hybridized carbons (Fsp3) is 0.333. The second kappa shape index (κ2) is 4.41. The zero-order chi connectivity index (χ0) is 13.5. The van der Waals surface area contributed by atoms with E-state index in [9.17, 15) is 0 Å². The molecule has 0 atom stereocenters. The lowest BCUT2D eigenvalue weighted by atomic mass is 9.80. The van der Waals surface area contributed by atoms with Crippen LogP contribution in [0, 0.1) is 0 Å². The molecule has 1 heterocycles.